The van der Waals surface area contributed by atoms with Crippen LogP contribution in [0, 0.1) is 5.41 Å². The van der Waals surface area contributed by atoms with Gasteiger partial charge in [0.25, 0.3) is 0 Å². The topological polar surface area (TPSA) is 70.6 Å². The summed E-state index contributed by atoms with van der Waals surface area (Å²) >= 11 is 0. The number of sulfone groups is 1. The summed E-state index contributed by atoms with van der Waals surface area (Å²) in [5.41, 5.74) is 0.439. The third-order valence-corrected chi connectivity index (χ3v) is 7.17. The molecule has 0 radical (unpaired) electrons. The summed E-state index contributed by atoms with van der Waals surface area (Å²) in [6.07, 6.45) is 4.69. The zero-order chi connectivity index (χ0) is 17.7. The highest BCUT2D eigenvalue weighted by molar-refractivity contribution is 7.92. The van der Waals surface area contributed by atoms with Gasteiger partial charge in [0.1, 0.15) is 0 Å². The van der Waals surface area contributed by atoms with Gasteiger partial charge >= 0.3 is 0 Å². The van der Waals surface area contributed by atoms with E-state index in [9.17, 15) is 8.42 Å². The first kappa shape index (κ1) is 20.3. The minimum absolute atomic E-state index is 0.0881. The van der Waals surface area contributed by atoms with E-state index < -0.39 is 14.6 Å². The summed E-state index contributed by atoms with van der Waals surface area (Å²) in [4.78, 5) is 4.46. The molecule has 0 aliphatic heterocycles. The van der Waals surface area contributed by atoms with Gasteiger partial charge in [-0.15, -0.1) is 0 Å². The number of nitrogens with one attached hydrogen (secondary N) is 2. The van der Waals surface area contributed by atoms with Crippen molar-refractivity contribution >= 4 is 15.8 Å². The average Bonchev–Trinajstić information content (AvgIpc) is 2.40. The van der Waals surface area contributed by atoms with Crippen LogP contribution in [0.15, 0.2) is 4.99 Å². The molecule has 0 amide bonds. The van der Waals surface area contributed by atoms with E-state index in [-0.39, 0.29) is 5.75 Å². The van der Waals surface area contributed by atoms with Crippen LogP contribution in [0.3, 0.4) is 0 Å². The number of nitrogens with zero attached hydrogens (tertiary/aromatic N) is 1. The fourth-order valence-electron chi connectivity index (χ4n) is 2.64. The smallest absolute Gasteiger partial charge is 0.191 e. The molecule has 0 bridgehead atoms. The molecule has 1 rings (SSSR count). The Kier molecular flexibility index (Phi) is 6.93. The Morgan fingerprint density at radius 3 is 2.26 bits per heavy atom. The highest BCUT2D eigenvalue weighted by atomic mass is 32.2. The molecule has 0 spiro atoms. The van der Waals surface area contributed by atoms with Crippen molar-refractivity contribution < 1.29 is 8.42 Å². The SMILES string of the molecule is CCNC(=NCCS(=O)(=O)C(C)(C)C)NC1CCC(C)(C)CC1. The standard InChI is InChI=1S/C17H35N3O2S/c1-7-18-15(19-12-13-23(21,22)16(2,3)4)20-14-8-10-17(5,6)11-9-14/h14H,7-13H2,1-6H3,(H2,18,19,20). The maximum Gasteiger partial charge on any atom is 0.191 e. The molecule has 0 heterocycles. The lowest BCUT2D eigenvalue weighted by atomic mass is 9.75. The Balaban J connectivity index is 2.58. The van der Waals surface area contributed by atoms with Crippen molar-refractivity contribution in [3.05, 3.63) is 0 Å². The molecule has 2 N–H and O–H groups in total. The molecule has 0 aromatic rings. The van der Waals surface area contributed by atoms with Gasteiger partial charge < -0.3 is 10.6 Å². The Hall–Kier alpha value is -0.780. The van der Waals surface area contributed by atoms with E-state index in [2.05, 4.69) is 29.5 Å². The Morgan fingerprint density at radius 1 is 1.22 bits per heavy atom. The lowest BCUT2D eigenvalue weighted by Crippen LogP contribution is -2.46. The molecule has 136 valence electrons. The quantitative estimate of drug-likeness (QED) is 0.594. The van der Waals surface area contributed by atoms with Gasteiger partial charge in [0, 0.05) is 12.6 Å². The lowest BCUT2D eigenvalue weighted by molar-refractivity contribution is 0.216. The van der Waals surface area contributed by atoms with E-state index in [1.807, 2.05) is 6.92 Å². The highest BCUT2D eigenvalue weighted by Crippen LogP contribution is 2.34. The van der Waals surface area contributed by atoms with Crippen molar-refractivity contribution in [1.82, 2.24) is 10.6 Å². The minimum atomic E-state index is -3.12. The lowest BCUT2D eigenvalue weighted by Gasteiger charge is -2.35. The molecule has 5 nitrogen and oxygen atoms in total. The van der Waals surface area contributed by atoms with Crippen LogP contribution in [0.1, 0.15) is 67.2 Å². The van der Waals surface area contributed by atoms with Crippen molar-refractivity contribution in [2.24, 2.45) is 10.4 Å². The van der Waals surface area contributed by atoms with Gasteiger partial charge in [-0.2, -0.15) is 0 Å². The largest absolute Gasteiger partial charge is 0.357 e. The predicted molar refractivity (Wildman–Crippen MR) is 98.7 cm³/mol. The Bertz CT molecular complexity index is 494. The summed E-state index contributed by atoms with van der Waals surface area (Å²) in [6, 6.07) is 0.431. The van der Waals surface area contributed by atoms with E-state index >= 15 is 0 Å². The molecule has 1 fully saturated rings. The first-order chi connectivity index (χ1) is 10.5. The van der Waals surface area contributed by atoms with E-state index in [0.717, 1.165) is 25.3 Å². The van der Waals surface area contributed by atoms with Crippen molar-refractivity contribution in [2.45, 2.75) is 78.0 Å². The number of hydrogen-bond acceptors (Lipinski definition) is 3. The van der Waals surface area contributed by atoms with E-state index in [1.165, 1.54) is 12.8 Å². The summed E-state index contributed by atoms with van der Waals surface area (Å²) in [5.74, 6) is 0.825. The van der Waals surface area contributed by atoms with Crippen LogP contribution >= 0.6 is 0 Å². The molecule has 6 heteroatoms. The molecule has 0 aromatic heterocycles. The van der Waals surface area contributed by atoms with Crippen LogP contribution in [-0.4, -0.2) is 44.0 Å². The van der Waals surface area contributed by atoms with Crippen LogP contribution in [0.5, 0.6) is 0 Å². The third kappa shape index (κ3) is 6.69. The maximum absolute atomic E-state index is 12.1. The van der Waals surface area contributed by atoms with Gasteiger partial charge in [-0.05, 0) is 58.8 Å². The second-order valence-corrected chi connectivity index (χ2v) is 11.1. The van der Waals surface area contributed by atoms with Crippen molar-refractivity contribution in [2.75, 3.05) is 18.8 Å². The predicted octanol–water partition coefficient (Wildman–Crippen LogP) is 2.72. The number of hydrogen-bond donors (Lipinski definition) is 2. The summed E-state index contributed by atoms with van der Waals surface area (Å²) in [6.45, 7) is 12.9. The fraction of sp³-hybridized carbons (Fsp3) is 0.941. The van der Waals surface area contributed by atoms with Gasteiger partial charge in [0.15, 0.2) is 15.8 Å². The van der Waals surface area contributed by atoms with Crippen molar-refractivity contribution in [3.63, 3.8) is 0 Å². The maximum atomic E-state index is 12.1. The van der Waals surface area contributed by atoms with Crippen LogP contribution in [0.4, 0.5) is 0 Å². The zero-order valence-electron chi connectivity index (χ0n) is 15.7. The first-order valence-electron chi connectivity index (χ1n) is 8.74. The van der Waals surface area contributed by atoms with Crippen LogP contribution in [-0.2, 0) is 9.84 Å². The van der Waals surface area contributed by atoms with Crippen LogP contribution in [0.2, 0.25) is 0 Å². The second-order valence-electron chi connectivity index (χ2n) is 8.27. The molecule has 0 saturated heterocycles. The summed E-state index contributed by atoms with van der Waals surface area (Å²) < 4.78 is 23.6. The fourth-order valence-corrected chi connectivity index (χ4v) is 3.58. The van der Waals surface area contributed by atoms with Crippen molar-refractivity contribution in [1.29, 1.82) is 0 Å². The summed E-state index contributed by atoms with van der Waals surface area (Å²) in [7, 11) is -3.12. The van der Waals surface area contributed by atoms with Crippen molar-refractivity contribution in [3.8, 4) is 0 Å². The Labute approximate surface area is 142 Å². The zero-order valence-corrected chi connectivity index (χ0v) is 16.5. The minimum Gasteiger partial charge on any atom is -0.357 e. The van der Waals surface area contributed by atoms with Crippen LogP contribution < -0.4 is 10.6 Å². The number of rotatable bonds is 5. The number of aliphatic imine (C=N–C) groups is 1. The molecule has 0 atom stereocenters. The molecular weight excluding hydrogens is 310 g/mol. The summed E-state index contributed by atoms with van der Waals surface area (Å²) in [5, 5.41) is 6.68. The second kappa shape index (κ2) is 7.86. The van der Waals surface area contributed by atoms with E-state index in [0.29, 0.717) is 18.0 Å². The Morgan fingerprint density at radius 2 is 1.78 bits per heavy atom. The normalized spacial score (nSPS) is 20.3. The number of guanidine groups is 1. The molecular formula is C17H35N3O2S. The molecule has 0 aromatic carbocycles. The average molecular weight is 346 g/mol. The van der Waals surface area contributed by atoms with Gasteiger partial charge in [0.2, 0.25) is 0 Å². The van der Waals surface area contributed by atoms with Crippen LogP contribution in [0.25, 0.3) is 0 Å². The molecule has 23 heavy (non-hydrogen) atoms. The van der Waals surface area contributed by atoms with E-state index in [1.54, 1.807) is 20.8 Å². The monoisotopic (exact) mass is 345 g/mol. The third-order valence-electron chi connectivity index (χ3n) is 4.59. The van der Waals surface area contributed by atoms with E-state index in [4.69, 9.17) is 0 Å². The van der Waals surface area contributed by atoms with Gasteiger partial charge in [-0.25, -0.2) is 8.42 Å². The first-order valence-corrected chi connectivity index (χ1v) is 10.4. The van der Waals surface area contributed by atoms with Gasteiger partial charge in [-0.1, -0.05) is 13.8 Å². The highest BCUT2D eigenvalue weighted by Gasteiger charge is 2.29. The molecule has 1 aliphatic carbocycles. The molecule has 0 unspecified atom stereocenters. The molecule has 1 aliphatic rings. The van der Waals surface area contributed by atoms with Gasteiger partial charge in [-0.3, -0.25) is 4.99 Å². The molecule has 1 saturated carbocycles. The van der Waals surface area contributed by atoms with Gasteiger partial charge in [0.05, 0.1) is 17.0 Å².